The van der Waals surface area contributed by atoms with Gasteiger partial charge in [0.1, 0.15) is 0 Å². The normalized spacial score (nSPS) is 11.2. The zero-order valence-corrected chi connectivity index (χ0v) is 12.3. The van der Waals surface area contributed by atoms with Crippen LogP contribution in [-0.4, -0.2) is 76.9 Å². The molecule has 0 saturated carbocycles. The molecule has 0 aromatic rings. The Hall–Kier alpha value is 0.153. The van der Waals surface area contributed by atoms with Crippen molar-refractivity contribution in [2.75, 3.05) is 39.5 Å². The van der Waals surface area contributed by atoms with Crippen LogP contribution in [0.2, 0.25) is 0 Å². The van der Waals surface area contributed by atoms with Crippen molar-refractivity contribution in [3.63, 3.8) is 0 Å². The predicted octanol–water partition coefficient (Wildman–Crippen LogP) is -3.62. The van der Waals surface area contributed by atoms with Crippen molar-refractivity contribution in [3.05, 3.63) is 0 Å². The first-order valence-corrected chi connectivity index (χ1v) is 4.93. The van der Waals surface area contributed by atoms with Gasteiger partial charge >= 0.3 is 26.2 Å². The van der Waals surface area contributed by atoms with E-state index in [4.69, 9.17) is 20.4 Å². The zero-order valence-electron chi connectivity index (χ0n) is 9.87. The van der Waals surface area contributed by atoms with E-state index in [9.17, 15) is 9.90 Å². The van der Waals surface area contributed by atoms with Gasteiger partial charge < -0.3 is 30.3 Å². The van der Waals surface area contributed by atoms with Crippen LogP contribution in [0.15, 0.2) is 0 Å². The van der Waals surface area contributed by atoms with E-state index in [1.165, 1.54) is 0 Å². The number of carboxylic acids is 1. The summed E-state index contributed by atoms with van der Waals surface area (Å²) in [4.78, 5) is 11.1. The molecule has 4 N–H and O–H groups in total. The Kier molecular flexibility index (Phi) is 21.2. The molecule has 0 rings (SSSR count). The second-order valence-electron chi connectivity index (χ2n) is 3.01. The van der Waals surface area contributed by atoms with E-state index in [1.54, 1.807) is 4.90 Å². The van der Waals surface area contributed by atoms with Crippen LogP contribution in [0.3, 0.4) is 0 Å². The van der Waals surface area contributed by atoms with Crippen molar-refractivity contribution in [1.29, 1.82) is 0 Å². The Morgan fingerprint density at radius 2 is 1.35 bits per heavy atom. The third kappa shape index (κ3) is 18.7. The molecule has 8 heteroatoms. The number of aliphatic carboxylic acids is 1. The Morgan fingerprint density at radius 1 is 1.12 bits per heavy atom. The SMILES string of the molecule is CC(O)C(=O)[O-].OCCN(CCO)CCO.[Zr+2]. The molecular formula is C9H20NO6Zr+. The summed E-state index contributed by atoms with van der Waals surface area (Å²) in [6, 6.07) is 0. The van der Waals surface area contributed by atoms with Gasteiger partial charge in [0.25, 0.3) is 0 Å². The van der Waals surface area contributed by atoms with Crippen LogP contribution in [0.25, 0.3) is 0 Å². The summed E-state index contributed by atoms with van der Waals surface area (Å²) in [5.74, 6) is -1.44. The van der Waals surface area contributed by atoms with Gasteiger partial charge in [0.2, 0.25) is 0 Å². The third-order valence-corrected chi connectivity index (χ3v) is 1.59. The van der Waals surface area contributed by atoms with E-state index in [1.807, 2.05) is 0 Å². The van der Waals surface area contributed by atoms with E-state index < -0.39 is 12.1 Å². The van der Waals surface area contributed by atoms with Gasteiger partial charge in [-0.1, -0.05) is 0 Å². The van der Waals surface area contributed by atoms with Crippen LogP contribution in [-0.2, 0) is 31.0 Å². The van der Waals surface area contributed by atoms with Crippen molar-refractivity contribution < 1.29 is 56.5 Å². The topological polar surface area (TPSA) is 124 Å². The molecule has 0 spiro atoms. The molecule has 0 saturated heterocycles. The molecule has 7 nitrogen and oxygen atoms in total. The summed E-state index contributed by atoms with van der Waals surface area (Å²) < 4.78 is 0. The summed E-state index contributed by atoms with van der Waals surface area (Å²) in [6.45, 7) is 2.89. The first-order valence-electron chi connectivity index (χ1n) is 4.93. The Balaban J connectivity index is -0.000000244. The molecule has 100 valence electrons. The monoisotopic (exact) mass is 328 g/mol. The van der Waals surface area contributed by atoms with Crippen molar-refractivity contribution in [2.45, 2.75) is 13.0 Å². The minimum atomic E-state index is -1.44. The van der Waals surface area contributed by atoms with Crippen LogP contribution < -0.4 is 5.11 Å². The maximum absolute atomic E-state index is 9.34. The summed E-state index contributed by atoms with van der Waals surface area (Å²) >= 11 is 0. The number of hydrogen-bond donors (Lipinski definition) is 4. The number of aliphatic hydroxyl groups excluding tert-OH is 4. The Morgan fingerprint density at radius 3 is 1.47 bits per heavy atom. The Labute approximate surface area is 120 Å². The van der Waals surface area contributed by atoms with Gasteiger partial charge in [-0.05, 0) is 6.92 Å². The van der Waals surface area contributed by atoms with Crippen molar-refractivity contribution >= 4 is 5.97 Å². The average Bonchev–Trinajstić information content (AvgIpc) is 2.19. The maximum Gasteiger partial charge on any atom is 2.00 e. The van der Waals surface area contributed by atoms with Gasteiger partial charge in [-0.2, -0.15) is 0 Å². The molecule has 0 bridgehead atoms. The number of aliphatic hydroxyl groups is 4. The van der Waals surface area contributed by atoms with E-state index >= 15 is 0 Å². The van der Waals surface area contributed by atoms with Gasteiger partial charge in [0.15, 0.2) is 0 Å². The molecule has 1 unspecified atom stereocenters. The molecule has 0 radical (unpaired) electrons. The zero-order chi connectivity index (χ0) is 13.0. The molecule has 0 aliphatic rings. The number of carbonyl (C=O) groups is 1. The quantitative estimate of drug-likeness (QED) is 0.380. The van der Waals surface area contributed by atoms with Crippen LogP contribution in [0, 0.1) is 0 Å². The van der Waals surface area contributed by atoms with Gasteiger partial charge in [-0.3, -0.25) is 4.90 Å². The van der Waals surface area contributed by atoms with Crippen LogP contribution in [0.4, 0.5) is 0 Å². The fraction of sp³-hybridized carbons (Fsp3) is 0.889. The summed E-state index contributed by atoms with van der Waals surface area (Å²) in [6.07, 6.45) is -1.34. The second-order valence-corrected chi connectivity index (χ2v) is 3.01. The molecule has 0 aromatic heterocycles. The van der Waals surface area contributed by atoms with Crippen LogP contribution >= 0.6 is 0 Å². The van der Waals surface area contributed by atoms with E-state index in [2.05, 4.69) is 0 Å². The molecular weight excluding hydrogens is 309 g/mol. The molecule has 0 heterocycles. The summed E-state index contributed by atoms with van der Waals surface area (Å²) in [5.41, 5.74) is 0. The Bertz CT molecular complexity index is 155. The van der Waals surface area contributed by atoms with E-state index in [0.29, 0.717) is 19.6 Å². The molecule has 0 aromatic carbocycles. The largest absolute Gasteiger partial charge is 2.00 e. The maximum atomic E-state index is 9.34. The standard InChI is InChI=1S/C6H15NO3.C3H6O3.Zr/c8-4-1-7(2-5-9)3-6-10;1-2(4)3(5)6;/h8-10H,1-6H2;2,4H,1H3,(H,5,6);/q;;+2/p-1. The second kappa shape index (κ2) is 16.2. The van der Waals surface area contributed by atoms with Crippen LogP contribution in [0.5, 0.6) is 0 Å². The minimum absolute atomic E-state index is 0. The van der Waals surface area contributed by atoms with E-state index in [0.717, 1.165) is 6.92 Å². The van der Waals surface area contributed by atoms with Gasteiger partial charge in [-0.25, -0.2) is 0 Å². The van der Waals surface area contributed by atoms with Gasteiger partial charge in [-0.15, -0.1) is 0 Å². The van der Waals surface area contributed by atoms with Crippen molar-refractivity contribution in [1.82, 2.24) is 4.90 Å². The first kappa shape index (κ1) is 22.3. The smallest absolute Gasteiger partial charge is 0.547 e. The predicted molar refractivity (Wildman–Crippen MR) is 54.4 cm³/mol. The molecule has 0 amide bonds. The van der Waals surface area contributed by atoms with E-state index in [-0.39, 0.29) is 46.0 Å². The minimum Gasteiger partial charge on any atom is -0.547 e. The molecule has 17 heavy (non-hydrogen) atoms. The number of nitrogens with zero attached hydrogens (tertiary/aromatic N) is 1. The van der Waals surface area contributed by atoms with Crippen molar-refractivity contribution in [2.24, 2.45) is 0 Å². The fourth-order valence-electron chi connectivity index (χ4n) is 0.760. The molecule has 0 fully saturated rings. The number of rotatable bonds is 7. The fourth-order valence-corrected chi connectivity index (χ4v) is 0.760. The van der Waals surface area contributed by atoms with Gasteiger partial charge in [0, 0.05) is 19.6 Å². The van der Waals surface area contributed by atoms with Crippen molar-refractivity contribution in [3.8, 4) is 0 Å². The van der Waals surface area contributed by atoms with Gasteiger partial charge in [0.05, 0.1) is 31.9 Å². The van der Waals surface area contributed by atoms with Crippen LogP contribution in [0.1, 0.15) is 6.92 Å². The molecule has 0 aliphatic carbocycles. The molecule has 1 atom stereocenters. The summed E-state index contributed by atoms with van der Waals surface area (Å²) in [5, 5.41) is 42.8. The summed E-state index contributed by atoms with van der Waals surface area (Å²) in [7, 11) is 0. The number of carboxylic acid groups (broad SMARTS) is 1. The third-order valence-electron chi connectivity index (χ3n) is 1.59. The molecule has 0 aliphatic heterocycles. The number of hydrogen-bond acceptors (Lipinski definition) is 7. The number of carbonyl (C=O) groups excluding carboxylic acids is 1. The first-order chi connectivity index (χ1) is 7.49. The average molecular weight is 329 g/mol.